The highest BCUT2D eigenvalue weighted by molar-refractivity contribution is 4.93. The molecule has 1 rings (SSSR count). The zero-order valence-corrected chi connectivity index (χ0v) is 7.79. The van der Waals surface area contributed by atoms with Gasteiger partial charge in [-0.05, 0) is 31.7 Å². The summed E-state index contributed by atoms with van der Waals surface area (Å²) in [6.07, 6.45) is 7.98. The van der Waals surface area contributed by atoms with Crippen LogP contribution in [-0.2, 0) is 0 Å². The summed E-state index contributed by atoms with van der Waals surface area (Å²) >= 11 is 0. The van der Waals surface area contributed by atoms with Crippen LogP contribution in [0.15, 0.2) is 12.2 Å². The molecule has 2 atom stereocenters. The molecule has 0 bridgehead atoms. The third kappa shape index (κ3) is 2.61. The van der Waals surface area contributed by atoms with Gasteiger partial charge < -0.3 is 10.4 Å². The van der Waals surface area contributed by atoms with Crippen LogP contribution in [0.25, 0.3) is 0 Å². The molecular formula is C10H19NO. The van der Waals surface area contributed by atoms with Crippen LogP contribution in [0, 0.1) is 5.92 Å². The Morgan fingerprint density at radius 3 is 2.92 bits per heavy atom. The monoisotopic (exact) mass is 169 g/mol. The van der Waals surface area contributed by atoms with E-state index in [-0.39, 0.29) is 6.61 Å². The van der Waals surface area contributed by atoms with E-state index in [1.807, 2.05) is 0 Å². The molecule has 0 aromatic heterocycles. The molecule has 2 nitrogen and oxygen atoms in total. The van der Waals surface area contributed by atoms with Gasteiger partial charge in [0.15, 0.2) is 0 Å². The highest BCUT2D eigenvalue weighted by Crippen LogP contribution is 2.21. The van der Waals surface area contributed by atoms with Crippen LogP contribution in [0.1, 0.15) is 26.2 Å². The minimum Gasteiger partial charge on any atom is -0.395 e. The average Bonchev–Trinajstić information content (AvgIpc) is 2.15. The summed E-state index contributed by atoms with van der Waals surface area (Å²) in [7, 11) is 0. The summed E-state index contributed by atoms with van der Waals surface area (Å²) in [6.45, 7) is 3.30. The SMILES string of the molecule is CCNC(CO)C1CC=CCC1. The lowest BCUT2D eigenvalue weighted by molar-refractivity contribution is 0.193. The van der Waals surface area contributed by atoms with Gasteiger partial charge >= 0.3 is 0 Å². The second-order valence-electron chi connectivity index (χ2n) is 3.39. The molecule has 0 saturated carbocycles. The van der Waals surface area contributed by atoms with E-state index in [2.05, 4.69) is 24.4 Å². The molecule has 2 heteroatoms. The lowest BCUT2D eigenvalue weighted by Gasteiger charge is -2.26. The topological polar surface area (TPSA) is 32.3 Å². The zero-order chi connectivity index (χ0) is 8.81. The van der Waals surface area contributed by atoms with Crippen molar-refractivity contribution in [3.63, 3.8) is 0 Å². The van der Waals surface area contributed by atoms with Crippen LogP contribution >= 0.6 is 0 Å². The standard InChI is InChI=1S/C10H19NO/c1-2-11-10(8-12)9-6-4-3-5-7-9/h3-4,9-12H,2,5-8H2,1H3. The molecule has 70 valence electrons. The van der Waals surface area contributed by atoms with E-state index in [9.17, 15) is 0 Å². The Balaban J connectivity index is 2.36. The van der Waals surface area contributed by atoms with Crippen LogP contribution in [-0.4, -0.2) is 24.3 Å². The number of nitrogens with one attached hydrogen (secondary N) is 1. The predicted molar refractivity (Wildman–Crippen MR) is 51.0 cm³/mol. The normalized spacial score (nSPS) is 25.7. The Hall–Kier alpha value is -0.340. The summed E-state index contributed by atoms with van der Waals surface area (Å²) in [6, 6.07) is 0.306. The first kappa shape index (κ1) is 9.75. The van der Waals surface area contributed by atoms with Crippen molar-refractivity contribution in [3.8, 4) is 0 Å². The van der Waals surface area contributed by atoms with Crippen molar-refractivity contribution in [3.05, 3.63) is 12.2 Å². The first-order valence-corrected chi connectivity index (χ1v) is 4.87. The van der Waals surface area contributed by atoms with Crippen molar-refractivity contribution >= 4 is 0 Å². The fourth-order valence-electron chi connectivity index (χ4n) is 1.82. The molecule has 0 aromatic carbocycles. The van der Waals surface area contributed by atoms with Gasteiger partial charge in [0.25, 0.3) is 0 Å². The fraction of sp³-hybridized carbons (Fsp3) is 0.800. The Kier molecular flexibility index (Phi) is 4.33. The van der Waals surface area contributed by atoms with Crippen LogP contribution in [0.3, 0.4) is 0 Å². The summed E-state index contributed by atoms with van der Waals surface area (Å²) in [5.41, 5.74) is 0. The summed E-state index contributed by atoms with van der Waals surface area (Å²) in [5, 5.41) is 12.4. The van der Waals surface area contributed by atoms with E-state index < -0.39 is 0 Å². The van der Waals surface area contributed by atoms with Gasteiger partial charge in [-0.3, -0.25) is 0 Å². The maximum atomic E-state index is 9.12. The van der Waals surface area contributed by atoms with Gasteiger partial charge in [-0.2, -0.15) is 0 Å². The summed E-state index contributed by atoms with van der Waals surface area (Å²) in [5.74, 6) is 0.639. The molecule has 0 aliphatic heterocycles. The second kappa shape index (κ2) is 5.33. The van der Waals surface area contributed by atoms with Crippen LogP contribution in [0.4, 0.5) is 0 Å². The molecule has 1 aliphatic carbocycles. The molecule has 0 radical (unpaired) electrons. The lowest BCUT2D eigenvalue weighted by atomic mass is 9.88. The van der Waals surface area contributed by atoms with Crippen LogP contribution in [0.5, 0.6) is 0 Å². The zero-order valence-electron chi connectivity index (χ0n) is 7.79. The molecule has 0 aromatic rings. The van der Waals surface area contributed by atoms with E-state index in [0.29, 0.717) is 12.0 Å². The van der Waals surface area contributed by atoms with Crippen molar-refractivity contribution in [2.45, 2.75) is 32.2 Å². The van der Waals surface area contributed by atoms with E-state index in [4.69, 9.17) is 5.11 Å². The molecular weight excluding hydrogens is 150 g/mol. The van der Waals surface area contributed by atoms with Crippen molar-refractivity contribution in [2.75, 3.05) is 13.2 Å². The van der Waals surface area contributed by atoms with E-state index in [1.165, 1.54) is 12.8 Å². The Morgan fingerprint density at radius 2 is 2.42 bits per heavy atom. The van der Waals surface area contributed by atoms with Gasteiger partial charge in [-0.25, -0.2) is 0 Å². The Bertz CT molecular complexity index is 145. The summed E-state index contributed by atoms with van der Waals surface area (Å²) < 4.78 is 0. The number of hydrogen-bond acceptors (Lipinski definition) is 2. The van der Waals surface area contributed by atoms with Gasteiger partial charge in [-0.1, -0.05) is 19.1 Å². The molecule has 0 spiro atoms. The number of rotatable bonds is 4. The van der Waals surface area contributed by atoms with E-state index in [0.717, 1.165) is 13.0 Å². The third-order valence-electron chi connectivity index (χ3n) is 2.54. The molecule has 1 aliphatic rings. The minimum atomic E-state index is 0.270. The number of hydrogen-bond donors (Lipinski definition) is 2. The van der Waals surface area contributed by atoms with Crippen LogP contribution in [0.2, 0.25) is 0 Å². The molecule has 0 fully saturated rings. The first-order valence-electron chi connectivity index (χ1n) is 4.87. The van der Waals surface area contributed by atoms with E-state index in [1.54, 1.807) is 0 Å². The van der Waals surface area contributed by atoms with Gasteiger partial charge in [0.05, 0.1) is 6.61 Å². The Labute approximate surface area is 74.7 Å². The molecule has 0 heterocycles. The van der Waals surface area contributed by atoms with Gasteiger partial charge in [0, 0.05) is 6.04 Å². The minimum absolute atomic E-state index is 0.270. The molecule has 2 N–H and O–H groups in total. The van der Waals surface area contributed by atoms with Crippen molar-refractivity contribution in [2.24, 2.45) is 5.92 Å². The molecule has 0 saturated heterocycles. The van der Waals surface area contributed by atoms with Gasteiger partial charge in [0.1, 0.15) is 0 Å². The first-order chi connectivity index (χ1) is 5.88. The quantitative estimate of drug-likeness (QED) is 0.622. The van der Waals surface area contributed by atoms with E-state index >= 15 is 0 Å². The van der Waals surface area contributed by atoms with Gasteiger partial charge in [0.2, 0.25) is 0 Å². The van der Waals surface area contributed by atoms with Crippen LogP contribution < -0.4 is 5.32 Å². The molecule has 0 amide bonds. The molecule has 2 unspecified atom stereocenters. The number of allylic oxidation sites excluding steroid dienone is 2. The number of aliphatic hydroxyl groups is 1. The fourth-order valence-corrected chi connectivity index (χ4v) is 1.82. The lowest BCUT2D eigenvalue weighted by Crippen LogP contribution is -2.39. The van der Waals surface area contributed by atoms with Crippen molar-refractivity contribution in [1.82, 2.24) is 5.32 Å². The highest BCUT2D eigenvalue weighted by Gasteiger charge is 2.19. The maximum absolute atomic E-state index is 9.12. The van der Waals surface area contributed by atoms with Crippen molar-refractivity contribution in [1.29, 1.82) is 0 Å². The Morgan fingerprint density at radius 1 is 1.58 bits per heavy atom. The number of aliphatic hydroxyl groups excluding tert-OH is 1. The number of likely N-dealkylation sites (N-methyl/N-ethyl adjacent to an activating group) is 1. The largest absolute Gasteiger partial charge is 0.395 e. The van der Waals surface area contributed by atoms with Gasteiger partial charge in [-0.15, -0.1) is 0 Å². The predicted octanol–water partition coefficient (Wildman–Crippen LogP) is 1.31. The smallest absolute Gasteiger partial charge is 0.0587 e. The third-order valence-corrected chi connectivity index (χ3v) is 2.54. The van der Waals surface area contributed by atoms with Crippen molar-refractivity contribution < 1.29 is 5.11 Å². The summed E-state index contributed by atoms with van der Waals surface area (Å²) in [4.78, 5) is 0. The second-order valence-corrected chi connectivity index (χ2v) is 3.39. The molecule has 12 heavy (non-hydrogen) atoms. The highest BCUT2D eigenvalue weighted by atomic mass is 16.3. The average molecular weight is 169 g/mol. The maximum Gasteiger partial charge on any atom is 0.0587 e.